The molecule has 6 heteroatoms. The van der Waals surface area contributed by atoms with Crippen LogP contribution in [0.4, 0.5) is 4.39 Å². The number of carbonyl (C=O) groups is 2. The Hall–Kier alpha value is -1.79. The minimum absolute atomic E-state index is 0.00573. The van der Waals surface area contributed by atoms with Crippen molar-refractivity contribution in [1.82, 2.24) is 10.2 Å². The molecule has 0 radical (unpaired) electrons. The number of halogens is 1. The van der Waals surface area contributed by atoms with Crippen LogP contribution >= 0.6 is 0 Å². The number of likely N-dealkylation sites (tertiary alicyclic amines) is 1. The monoisotopic (exact) mass is 306 g/mol. The summed E-state index contributed by atoms with van der Waals surface area (Å²) >= 11 is 0. The molecule has 2 heterocycles. The minimum Gasteiger partial charge on any atom is -0.363 e. The number of nitrogens with zero attached hydrogens (tertiary/aromatic N) is 1. The van der Waals surface area contributed by atoms with Gasteiger partial charge in [-0.05, 0) is 37.1 Å². The molecule has 0 aromatic heterocycles. The fourth-order valence-electron chi connectivity index (χ4n) is 2.95. The quantitative estimate of drug-likeness (QED) is 0.846. The Morgan fingerprint density at radius 2 is 1.95 bits per heavy atom. The smallest absolute Gasteiger partial charge is 0.246 e. The van der Waals surface area contributed by atoms with Crippen molar-refractivity contribution in [2.24, 2.45) is 0 Å². The van der Waals surface area contributed by atoms with Crippen LogP contribution in [-0.2, 0) is 9.53 Å². The molecular weight excluding hydrogens is 287 g/mol. The molecule has 0 unspecified atom stereocenters. The van der Waals surface area contributed by atoms with Crippen LogP contribution in [0.15, 0.2) is 24.3 Å². The molecule has 0 atom stereocenters. The number of ketones is 1. The number of ether oxygens (including phenoxy) is 1. The molecule has 0 bridgehead atoms. The molecule has 1 amide bonds. The van der Waals surface area contributed by atoms with Crippen LogP contribution in [0.5, 0.6) is 0 Å². The molecule has 2 aliphatic heterocycles. The van der Waals surface area contributed by atoms with Gasteiger partial charge in [0.1, 0.15) is 12.4 Å². The van der Waals surface area contributed by atoms with Crippen LogP contribution in [0.3, 0.4) is 0 Å². The van der Waals surface area contributed by atoms with E-state index in [-0.39, 0.29) is 29.7 Å². The van der Waals surface area contributed by atoms with Gasteiger partial charge in [0.05, 0.1) is 12.1 Å². The van der Waals surface area contributed by atoms with Crippen molar-refractivity contribution >= 4 is 11.7 Å². The Labute approximate surface area is 128 Å². The lowest BCUT2D eigenvalue weighted by Crippen LogP contribution is -2.57. The number of amides is 1. The Bertz CT molecular complexity index is 553. The lowest BCUT2D eigenvalue weighted by molar-refractivity contribution is -0.149. The number of carbonyl (C=O) groups excluding carboxylic acids is 2. The van der Waals surface area contributed by atoms with E-state index in [4.69, 9.17) is 4.74 Å². The number of piperidine rings is 1. The highest BCUT2D eigenvalue weighted by Crippen LogP contribution is 2.27. The third-order valence-electron chi connectivity index (χ3n) is 4.42. The van der Waals surface area contributed by atoms with Crippen molar-refractivity contribution in [3.8, 4) is 0 Å². The van der Waals surface area contributed by atoms with Gasteiger partial charge in [0.25, 0.3) is 0 Å². The minimum atomic E-state index is -0.340. The predicted octanol–water partition coefficient (Wildman–Crippen LogP) is 0.989. The molecule has 5 nitrogen and oxygen atoms in total. The van der Waals surface area contributed by atoms with Crippen LogP contribution in [-0.4, -0.2) is 55.0 Å². The van der Waals surface area contributed by atoms with E-state index in [1.165, 1.54) is 24.3 Å². The van der Waals surface area contributed by atoms with Gasteiger partial charge in [-0.2, -0.15) is 0 Å². The van der Waals surface area contributed by atoms with Gasteiger partial charge in [-0.25, -0.2) is 4.39 Å². The van der Waals surface area contributed by atoms with Gasteiger partial charge < -0.3 is 10.1 Å². The third-order valence-corrected chi connectivity index (χ3v) is 4.42. The second-order valence-electron chi connectivity index (χ2n) is 5.95. The topological polar surface area (TPSA) is 58.6 Å². The molecule has 118 valence electrons. The number of Topliss-reactive ketones (excluding diaryl/α,β-unsaturated/α-hetero) is 1. The first-order chi connectivity index (χ1) is 10.6. The number of rotatable bonds is 3. The summed E-state index contributed by atoms with van der Waals surface area (Å²) in [5.74, 6) is -0.415. The highest BCUT2D eigenvalue weighted by Gasteiger charge is 2.39. The maximum atomic E-state index is 12.9. The lowest BCUT2D eigenvalue weighted by Gasteiger charge is -2.43. The van der Waals surface area contributed by atoms with E-state index in [1.54, 1.807) is 0 Å². The summed E-state index contributed by atoms with van der Waals surface area (Å²) in [6.07, 6.45) is 1.59. The summed E-state index contributed by atoms with van der Waals surface area (Å²) in [5, 5.41) is 2.84. The van der Waals surface area contributed by atoms with Crippen LogP contribution < -0.4 is 5.32 Å². The van der Waals surface area contributed by atoms with Crippen molar-refractivity contribution in [2.75, 3.05) is 32.8 Å². The van der Waals surface area contributed by atoms with E-state index in [1.807, 2.05) is 0 Å². The fraction of sp³-hybridized carbons (Fsp3) is 0.500. The van der Waals surface area contributed by atoms with Gasteiger partial charge in [0, 0.05) is 25.2 Å². The summed E-state index contributed by atoms with van der Waals surface area (Å²) < 4.78 is 18.6. The van der Waals surface area contributed by atoms with Crippen LogP contribution in [0.1, 0.15) is 23.2 Å². The van der Waals surface area contributed by atoms with Gasteiger partial charge in [-0.15, -0.1) is 0 Å². The second kappa shape index (κ2) is 6.14. The molecule has 1 N–H and O–H groups in total. The molecule has 1 spiro atoms. The number of hydrogen-bond donors (Lipinski definition) is 1. The first kappa shape index (κ1) is 15.1. The molecule has 2 saturated heterocycles. The maximum absolute atomic E-state index is 12.9. The summed E-state index contributed by atoms with van der Waals surface area (Å²) in [4.78, 5) is 25.4. The first-order valence-corrected chi connectivity index (χ1v) is 7.48. The average Bonchev–Trinajstić information content (AvgIpc) is 2.53. The predicted molar refractivity (Wildman–Crippen MR) is 78.1 cm³/mol. The largest absolute Gasteiger partial charge is 0.363 e. The van der Waals surface area contributed by atoms with E-state index < -0.39 is 0 Å². The number of morpholine rings is 1. The number of nitrogens with one attached hydrogen (secondary N) is 1. The van der Waals surface area contributed by atoms with Crippen LogP contribution in [0, 0.1) is 5.82 Å². The zero-order valence-corrected chi connectivity index (χ0v) is 12.3. The van der Waals surface area contributed by atoms with E-state index >= 15 is 0 Å². The van der Waals surface area contributed by atoms with Crippen LogP contribution in [0.2, 0.25) is 0 Å². The Morgan fingerprint density at radius 3 is 2.55 bits per heavy atom. The van der Waals surface area contributed by atoms with Gasteiger partial charge in [0.2, 0.25) is 5.91 Å². The van der Waals surface area contributed by atoms with E-state index in [0.29, 0.717) is 18.7 Å². The molecule has 1 aromatic rings. The molecule has 2 fully saturated rings. The van der Waals surface area contributed by atoms with Crippen molar-refractivity contribution in [3.05, 3.63) is 35.6 Å². The molecular formula is C16H19FN2O3. The first-order valence-electron chi connectivity index (χ1n) is 7.48. The van der Waals surface area contributed by atoms with E-state index in [9.17, 15) is 14.0 Å². The van der Waals surface area contributed by atoms with Gasteiger partial charge in [-0.3, -0.25) is 14.5 Å². The molecule has 22 heavy (non-hydrogen) atoms. The van der Waals surface area contributed by atoms with Crippen molar-refractivity contribution in [3.63, 3.8) is 0 Å². The summed E-state index contributed by atoms with van der Waals surface area (Å²) in [6, 6.07) is 5.64. The number of hydrogen-bond acceptors (Lipinski definition) is 4. The second-order valence-corrected chi connectivity index (χ2v) is 5.95. The average molecular weight is 306 g/mol. The SMILES string of the molecule is O=C1COC2(CCN(CC(=O)c3ccc(F)cc3)CC2)CN1. The fourth-order valence-corrected chi connectivity index (χ4v) is 2.95. The van der Waals surface area contributed by atoms with Crippen molar-refractivity contribution in [1.29, 1.82) is 0 Å². The van der Waals surface area contributed by atoms with Crippen molar-refractivity contribution < 1.29 is 18.7 Å². The zero-order valence-electron chi connectivity index (χ0n) is 12.3. The third kappa shape index (κ3) is 3.34. The van der Waals surface area contributed by atoms with E-state index in [2.05, 4.69) is 10.2 Å². The Morgan fingerprint density at radius 1 is 1.27 bits per heavy atom. The molecule has 1 aromatic carbocycles. The van der Waals surface area contributed by atoms with Crippen molar-refractivity contribution in [2.45, 2.75) is 18.4 Å². The maximum Gasteiger partial charge on any atom is 0.246 e. The summed E-state index contributed by atoms with van der Waals surface area (Å²) in [5.41, 5.74) is 0.256. The van der Waals surface area contributed by atoms with E-state index in [0.717, 1.165) is 25.9 Å². The highest BCUT2D eigenvalue weighted by atomic mass is 19.1. The number of benzene rings is 1. The standard InChI is InChI=1S/C16H19FN2O3/c17-13-3-1-12(2-4-13)14(20)9-19-7-5-16(6-8-19)11-18-15(21)10-22-16/h1-4H,5-11H2,(H,18,21). The molecule has 2 aliphatic rings. The molecule has 0 saturated carbocycles. The molecule has 3 rings (SSSR count). The van der Waals surface area contributed by atoms with Crippen LogP contribution in [0.25, 0.3) is 0 Å². The summed E-state index contributed by atoms with van der Waals surface area (Å²) in [7, 11) is 0. The zero-order chi connectivity index (χ0) is 15.6. The Kier molecular flexibility index (Phi) is 4.22. The Balaban J connectivity index is 1.52. The highest BCUT2D eigenvalue weighted by molar-refractivity contribution is 5.97. The summed E-state index contributed by atoms with van der Waals surface area (Å²) in [6.45, 7) is 2.50. The van der Waals surface area contributed by atoms with Gasteiger partial charge >= 0.3 is 0 Å². The normalized spacial score (nSPS) is 21.6. The molecule has 0 aliphatic carbocycles. The lowest BCUT2D eigenvalue weighted by atomic mass is 9.90. The van der Waals surface area contributed by atoms with Gasteiger partial charge in [0.15, 0.2) is 5.78 Å². The van der Waals surface area contributed by atoms with Gasteiger partial charge in [-0.1, -0.05) is 0 Å².